The Labute approximate surface area is 198 Å². The fraction of sp³-hybridized carbons (Fsp3) is 0.0870. The van der Waals surface area contributed by atoms with Crippen molar-refractivity contribution in [3.8, 4) is 11.5 Å². The van der Waals surface area contributed by atoms with E-state index in [9.17, 15) is 9.59 Å². The van der Waals surface area contributed by atoms with Crippen LogP contribution in [0, 0.1) is 0 Å². The molecule has 0 radical (unpaired) electrons. The lowest BCUT2D eigenvalue weighted by atomic mass is 10.2. The third kappa shape index (κ3) is 6.57. The lowest BCUT2D eigenvalue weighted by Gasteiger charge is -2.10. The zero-order chi connectivity index (χ0) is 22.9. The van der Waals surface area contributed by atoms with E-state index < -0.39 is 11.8 Å². The summed E-state index contributed by atoms with van der Waals surface area (Å²) in [5.74, 6) is -0.457. The van der Waals surface area contributed by atoms with E-state index in [2.05, 4.69) is 31.8 Å². The fourth-order valence-corrected chi connectivity index (χ4v) is 3.27. The first kappa shape index (κ1) is 23.3. The number of anilines is 1. The zero-order valence-electron chi connectivity index (χ0n) is 17.0. The number of hydrogen-bond donors (Lipinski definition) is 2. The number of hydrogen-bond acceptors (Lipinski definition) is 5. The topological polar surface area (TPSA) is 89.0 Å². The minimum atomic E-state index is -0.893. The Morgan fingerprint density at radius 3 is 2.50 bits per heavy atom. The minimum absolute atomic E-state index is 0.324. The molecule has 164 valence electrons. The SMILES string of the molecule is COc1ccc(NC(=O)C(=O)N/N=C\c2ccc(OCc3ccccc3Cl)c(Br)c2)cc1. The summed E-state index contributed by atoms with van der Waals surface area (Å²) in [6, 6.07) is 19.3. The molecule has 0 aliphatic heterocycles. The molecule has 0 heterocycles. The average Bonchev–Trinajstić information content (AvgIpc) is 2.80. The fourth-order valence-electron chi connectivity index (χ4n) is 2.56. The number of rotatable bonds is 7. The molecule has 0 aromatic heterocycles. The molecule has 2 amide bonds. The minimum Gasteiger partial charge on any atom is -0.497 e. The van der Waals surface area contributed by atoms with Crippen LogP contribution in [0.1, 0.15) is 11.1 Å². The summed E-state index contributed by atoms with van der Waals surface area (Å²) < 4.78 is 11.5. The van der Waals surface area contributed by atoms with Gasteiger partial charge in [-0.25, -0.2) is 5.43 Å². The Bertz CT molecular complexity index is 1140. The van der Waals surface area contributed by atoms with Crippen LogP contribution in [-0.2, 0) is 16.2 Å². The van der Waals surface area contributed by atoms with E-state index in [4.69, 9.17) is 21.1 Å². The Kier molecular flexibility index (Phi) is 8.24. The van der Waals surface area contributed by atoms with Gasteiger partial charge in [-0.2, -0.15) is 5.10 Å². The Balaban J connectivity index is 1.52. The van der Waals surface area contributed by atoms with Crippen molar-refractivity contribution in [2.75, 3.05) is 12.4 Å². The molecule has 0 unspecified atom stereocenters. The van der Waals surface area contributed by atoms with Crippen molar-refractivity contribution in [3.05, 3.63) is 87.4 Å². The van der Waals surface area contributed by atoms with Crippen molar-refractivity contribution in [2.45, 2.75) is 6.61 Å². The van der Waals surface area contributed by atoms with E-state index in [1.165, 1.54) is 6.21 Å². The highest BCUT2D eigenvalue weighted by Crippen LogP contribution is 2.27. The van der Waals surface area contributed by atoms with Gasteiger partial charge in [-0.15, -0.1) is 0 Å². The Morgan fingerprint density at radius 1 is 1.06 bits per heavy atom. The summed E-state index contributed by atoms with van der Waals surface area (Å²) in [5, 5.41) is 6.94. The third-order valence-electron chi connectivity index (χ3n) is 4.23. The van der Waals surface area contributed by atoms with E-state index in [1.807, 2.05) is 18.2 Å². The van der Waals surface area contributed by atoms with Crippen LogP contribution in [0.25, 0.3) is 0 Å². The summed E-state index contributed by atoms with van der Waals surface area (Å²) in [6.45, 7) is 0.324. The summed E-state index contributed by atoms with van der Waals surface area (Å²) in [6.07, 6.45) is 1.42. The van der Waals surface area contributed by atoms with E-state index in [0.717, 1.165) is 5.56 Å². The van der Waals surface area contributed by atoms with Crippen LogP contribution in [0.4, 0.5) is 5.69 Å². The molecule has 9 heteroatoms. The number of amides is 2. The van der Waals surface area contributed by atoms with E-state index in [-0.39, 0.29) is 0 Å². The average molecular weight is 517 g/mol. The second kappa shape index (κ2) is 11.3. The van der Waals surface area contributed by atoms with E-state index in [1.54, 1.807) is 55.6 Å². The summed E-state index contributed by atoms with van der Waals surface area (Å²) in [4.78, 5) is 23.9. The van der Waals surface area contributed by atoms with Gasteiger partial charge in [-0.1, -0.05) is 29.8 Å². The van der Waals surface area contributed by atoms with Crippen LogP contribution in [0.15, 0.2) is 76.3 Å². The Hall–Kier alpha value is -3.36. The molecular weight excluding hydrogens is 498 g/mol. The van der Waals surface area contributed by atoms with Crippen molar-refractivity contribution < 1.29 is 19.1 Å². The molecule has 0 fully saturated rings. The molecule has 3 aromatic carbocycles. The second-order valence-corrected chi connectivity index (χ2v) is 7.71. The number of nitrogens with zero attached hydrogens (tertiary/aromatic N) is 1. The number of ether oxygens (including phenoxy) is 2. The number of carbonyl (C=O) groups excluding carboxylic acids is 2. The maximum atomic E-state index is 12.0. The molecule has 32 heavy (non-hydrogen) atoms. The van der Waals surface area contributed by atoms with Crippen LogP contribution < -0.4 is 20.2 Å². The predicted octanol–water partition coefficient (Wildman–Crippen LogP) is 4.78. The molecule has 3 rings (SSSR count). The van der Waals surface area contributed by atoms with Gasteiger partial charge in [0.15, 0.2) is 0 Å². The highest BCUT2D eigenvalue weighted by Gasteiger charge is 2.13. The maximum absolute atomic E-state index is 12.0. The molecule has 0 atom stereocenters. The third-order valence-corrected chi connectivity index (χ3v) is 5.22. The van der Waals surface area contributed by atoms with Gasteiger partial charge in [-0.3, -0.25) is 9.59 Å². The standard InChI is InChI=1S/C23H19BrClN3O4/c1-31-18-9-7-17(8-10-18)27-22(29)23(30)28-26-13-15-6-11-21(19(24)12-15)32-14-16-4-2-3-5-20(16)25/h2-13H,14H2,1H3,(H,27,29)(H,28,30)/b26-13-. The number of hydrazone groups is 1. The van der Waals surface area contributed by atoms with Crippen LogP contribution in [0.5, 0.6) is 11.5 Å². The van der Waals surface area contributed by atoms with Crippen LogP contribution in [0.2, 0.25) is 5.02 Å². The van der Waals surface area contributed by atoms with Crippen molar-refractivity contribution in [1.29, 1.82) is 0 Å². The summed E-state index contributed by atoms with van der Waals surface area (Å²) in [5.41, 5.74) is 4.23. The smallest absolute Gasteiger partial charge is 0.329 e. The number of nitrogens with one attached hydrogen (secondary N) is 2. The van der Waals surface area contributed by atoms with Crippen molar-refractivity contribution in [2.24, 2.45) is 5.10 Å². The first-order valence-corrected chi connectivity index (χ1v) is 10.6. The highest BCUT2D eigenvalue weighted by molar-refractivity contribution is 9.10. The Morgan fingerprint density at radius 2 is 1.81 bits per heavy atom. The number of benzene rings is 3. The van der Waals surface area contributed by atoms with Crippen LogP contribution >= 0.6 is 27.5 Å². The number of carbonyl (C=O) groups is 2. The van der Waals surface area contributed by atoms with Gasteiger partial charge in [0.05, 0.1) is 17.8 Å². The van der Waals surface area contributed by atoms with Crippen molar-refractivity contribution >= 4 is 51.2 Å². The largest absolute Gasteiger partial charge is 0.497 e. The number of methoxy groups -OCH3 is 1. The second-order valence-electron chi connectivity index (χ2n) is 6.45. The molecular formula is C23H19BrClN3O4. The predicted molar refractivity (Wildman–Crippen MR) is 127 cm³/mol. The quantitative estimate of drug-likeness (QED) is 0.269. The van der Waals surface area contributed by atoms with Gasteiger partial charge in [0.1, 0.15) is 18.1 Å². The van der Waals surface area contributed by atoms with Gasteiger partial charge < -0.3 is 14.8 Å². The van der Waals surface area contributed by atoms with E-state index >= 15 is 0 Å². The van der Waals surface area contributed by atoms with Gasteiger partial charge in [0, 0.05) is 16.3 Å². The first-order valence-electron chi connectivity index (χ1n) is 9.40. The maximum Gasteiger partial charge on any atom is 0.329 e. The van der Waals surface area contributed by atoms with Gasteiger partial charge in [-0.05, 0) is 70.0 Å². The zero-order valence-corrected chi connectivity index (χ0v) is 19.3. The molecule has 0 aliphatic carbocycles. The monoisotopic (exact) mass is 515 g/mol. The van der Waals surface area contributed by atoms with Gasteiger partial charge in [0.25, 0.3) is 0 Å². The molecule has 2 N–H and O–H groups in total. The summed E-state index contributed by atoms with van der Waals surface area (Å²) >= 11 is 9.59. The molecule has 0 spiro atoms. The summed E-state index contributed by atoms with van der Waals surface area (Å²) in [7, 11) is 1.54. The van der Waals surface area contributed by atoms with Crippen LogP contribution in [0.3, 0.4) is 0 Å². The van der Waals surface area contributed by atoms with Crippen molar-refractivity contribution in [3.63, 3.8) is 0 Å². The van der Waals surface area contributed by atoms with Crippen molar-refractivity contribution in [1.82, 2.24) is 5.43 Å². The number of halogens is 2. The molecule has 0 saturated carbocycles. The lowest BCUT2D eigenvalue weighted by Crippen LogP contribution is -2.32. The molecule has 0 saturated heterocycles. The lowest BCUT2D eigenvalue weighted by molar-refractivity contribution is -0.136. The van der Waals surface area contributed by atoms with Gasteiger partial charge in [0.2, 0.25) is 0 Å². The van der Waals surface area contributed by atoms with E-state index in [0.29, 0.717) is 38.9 Å². The normalized spacial score (nSPS) is 10.6. The van der Waals surface area contributed by atoms with Crippen LogP contribution in [-0.4, -0.2) is 25.1 Å². The molecule has 0 aliphatic rings. The molecule has 0 bridgehead atoms. The molecule has 3 aromatic rings. The molecule has 7 nitrogen and oxygen atoms in total. The first-order chi connectivity index (χ1) is 15.5. The van der Waals surface area contributed by atoms with Gasteiger partial charge >= 0.3 is 11.8 Å². The highest BCUT2D eigenvalue weighted by atomic mass is 79.9.